The zero-order valence-electron chi connectivity index (χ0n) is 11.4. The highest BCUT2D eigenvalue weighted by Gasteiger charge is 2.22. The van der Waals surface area contributed by atoms with Crippen molar-refractivity contribution in [3.05, 3.63) is 43.7 Å². The number of nitrogens with one attached hydrogen (secondary N) is 1. The van der Waals surface area contributed by atoms with Crippen molar-refractivity contribution in [2.24, 2.45) is 0 Å². The molecule has 0 saturated carbocycles. The molecule has 6 heteroatoms. The number of hydrogen-bond acceptors (Lipinski definition) is 3. The van der Waals surface area contributed by atoms with Gasteiger partial charge in [-0.3, -0.25) is 9.59 Å². The van der Waals surface area contributed by atoms with E-state index in [1.165, 1.54) is 0 Å². The molecule has 0 bridgehead atoms. The molecule has 1 aromatic carbocycles. The van der Waals surface area contributed by atoms with Crippen LogP contribution in [-0.2, 0) is 11.2 Å². The average molecular weight is 412 g/mol. The number of halogens is 1. The number of rotatable bonds is 2. The highest BCUT2D eigenvalue weighted by molar-refractivity contribution is 14.1. The van der Waals surface area contributed by atoms with Crippen LogP contribution in [0.4, 0.5) is 11.4 Å². The largest absolute Gasteiger partial charge is 0.322 e. The molecular weight excluding hydrogens is 399 g/mol. The first-order chi connectivity index (χ1) is 10.0. The van der Waals surface area contributed by atoms with Crippen molar-refractivity contribution in [1.29, 1.82) is 0 Å². The van der Waals surface area contributed by atoms with E-state index in [1.807, 2.05) is 29.6 Å². The van der Waals surface area contributed by atoms with Crippen LogP contribution in [0.15, 0.2) is 29.6 Å². The molecule has 0 saturated heterocycles. The summed E-state index contributed by atoms with van der Waals surface area (Å²) >= 11 is 3.75. The lowest BCUT2D eigenvalue weighted by Crippen LogP contribution is -2.25. The average Bonchev–Trinajstić information content (AvgIpc) is 3.04. The van der Waals surface area contributed by atoms with Crippen LogP contribution < -0.4 is 10.2 Å². The molecule has 0 unspecified atom stereocenters. The minimum absolute atomic E-state index is 0.0541. The smallest absolute Gasteiger partial charge is 0.256 e. The second-order valence-electron chi connectivity index (χ2n) is 4.86. The third-order valence-electron chi connectivity index (χ3n) is 3.44. The van der Waals surface area contributed by atoms with Crippen LogP contribution in [-0.4, -0.2) is 18.4 Å². The van der Waals surface area contributed by atoms with E-state index in [0.29, 0.717) is 12.1 Å². The zero-order valence-corrected chi connectivity index (χ0v) is 14.3. The first-order valence-corrected chi connectivity index (χ1v) is 8.47. The van der Waals surface area contributed by atoms with Crippen molar-refractivity contribution in [2.75, 3.05) is 16.8 Å². The third-order valence-corrected chi connectivity index (χ3v) is 5.23. The van der Waals surface area contributed by atoms with Gasteiger partial charge >= 0.3 is 0 Å². The highest BCUT2D eigenvalue weighted by Crippen LogP contribution is 2.30. The molecule has 1 aliphatic rings. The molecule has 0 aliphatic carbocycles. The van der Waals surface area contributed by atoms with Gasteiger partial charge in [0.25, 0.3) is 5.91 Å². The summed E-state index contributed by atoms with van der Waals surface area (Å²) in [7, 11) is 0. The maximum Gasteiger partial charge on any atom is 0.256 e. The number of hydrogen-bond donors (Lipinski definition) is 1. The second-order valence-corrected chi connectivity index (χ2v) is 7.66. The molecule has 1 aromatic heterocycles. The molecule has 0 fully saturated rings. The van der Waals surface area contributed by atoms with Gasteiger partial charge in [-0.2, -0.15) is 0 Å². The SMILES string of the molecule is CC(=O)N1CCc2cc(NC(=O)c3csc(I)c3)ccc21. The van der Waals surface area contributed by atoms with Crippen molar-refractivity contribution in [1.82, 2.24) is 0 Å². The summed E-state index contributed by atoms with van der Waals surface area (Å²) in [5.74, 6) is -0.0473. The fraction of sp³-hybridized carbons (Fsp3) is 0.200. The van der Waals surface area contributed by atoms with Crippen LogP contribution in [0, 0.1) is 2.88 Å². The van der Waals surface area contributed by atoms with E-state index in [2.05, 4.69) is 27.9 Å². The fourth-order valence-electron chi connectivity index (χ4n) is 2.44. The molecule has 1 N–H and O–H groups in total. The maximum atomic E-state index is 12.1. The molecule has 3 rings (SSSR count). The van der Waals surface area contributed by atoms with Crippen LogP contribution in [0.5, 0.6) is 0 Å². The Hall–Kier alpha value is -1.41. The van der Waals surface area contributed by atoms with E-state index in [-0.39, 0.29) is 11.8 Å². The van der Waals surface area contributed by atoms with E-state index < -0.39 is 0 Å². The first-order valence-electron chi connectivity index (χ1n) is 6.51. The number of nitrogens with zero attached hydrogens (tertiary/aromatic N) is 1. The number of carbonyl (C=O) groups is 2. The lowest BCUT2D eigenvalue weighted by Gasteiger charge is -2.15. The Balaban J connectivity index is 1.79. The summed E-state index contributed by atoms with van der Waals surface area (Å²) < 4.78 is 1.09. The number of thiophene rings is 1. The van der Waals surface area contributed by atoms with Gasteiger partial charge in [-0.15, -0.1) is 11.3 Å². The van der Waals surface area contributed by atoms with E-state index in [0.717, 1.165) is 26.2 Å². The number of benzene rings is 1. The standard InChI is InChI=1S/C15H13IN2O2S/c1-9(19)18-5-4-10-6-12(2-3-13(10)18)17-15(20)11-7-14(16)21-8-11/h2-3,6-8H,4-5H2,1H3,(H,17,20). The van der Waals surface area contributed by atoms with Gasteiger partial charge in [0.15, 0.2) is 0 Å². The Morgan fingerprint density at radius 2 is 2.14 bits per heavy atom. The van der Waals surface area contributed by atoms with Gasteiger partial charge in [0.05, 0.1) is 8.45 Å². The predicted octanol–water partition coefficient (Wildman–Crippen LogP) is 3.51. The van der Waals surface area contributed by atoms with E-state index in [4.69, 9.17) is 0 Å². The summed E-state index contributed by atoms with van der Waals surface area (Å²) in [4.78, 5) is 25.4. The summed E-state index contributed by atoms with van der Waals surface area (Å²) in [6.07, 6.45) is 0.828. The van der Waals surface area contributed by atoms with E-state index >= 15 is 0 Å². The monoisotopic (exact) mass is 412 g/mol. The van der Waals surface area contributed by atoms with Gasteiger partial charge in [-0.05, 0) is 58.8 Å². The van der Waals surface area contributed by atoms with Crippen LogP contribution in [0.1, 0.15) is 22.8 Å². The van der Waals surface area contributed by atoms with Gasteiger partial charge in [0.1, 0.15) is 0 Å². The molecule has 21 heavy (non-hydrogen) atoms. The van der Waals surface area contributed by atoms with Crippen LogP contribution in [0.3, 0.4) is 0 Å². The quantitative estimate of drug-likeness (QED) is 0.768. The maximum absolute atomic E-state index is 12.1. The molecule has 0 atom stereocenters. The Kier molecular flexibility index (Phi) is 3.99. The summed E-state index contributed by atoms with van der Waals surface area (Å²) in [5.41, 5.74) is 3.49. The Labute approximate surface area is 140 Å². The third kappa shape index (κ3) is 2.96. The summed E-state index contributed by atoms with van der Waals surface area (Å²) in [6.45, 7) is 2.29. The molecule has 1 aliphatic heterocycles. The first kappa shape index (κ1) is 14.5. The van der Waals surface area contributed by atoms with Crippen molar-refractivity contribution in [3.8, 4) is 0 Å². The molecular formula is C15H13IN2O2S. The molecule has 108 valence electrons. The predicted molar refractivity (Wildman–Crippen MR) is 93.2 cm³/mol. The number of fused-ring (bicyclic) bond motifs is 1. The van der Waals surface area contributed by atoms with Crippen LogP contribution >= 0.6 is 33.9 Å². The zero-order chi connectivity index (χ0) is 15.0. The molecule has 4 nitrogen and oxygen atoms in total. The van der Waals surface area contributed by atoms with Crippen molar-refractivity contribution in [2.45, 2.75) is 13.3 Å². The van der Waals surface area contributed by atoms with Crippen LogP contribution in [0.2, 0.25) is 0 Å². The fourth-order valence-corrected chi connectivity index (χ4v) is 3.77. The minimum Gasteiger partial charge on any atom is -0.322 e. The Morgan fingerprint density at radius 1 is 1.33 bits per heavy atom. The normalized spacial score (nSPS) is 13.1. The Morgan fingerprint density at radius 3 is 2.81 bits per heavy atom. The highest BCUT2D eigenvalue weighted by atomic mass is 127. The number of anilines is 2. The van der Waals surface area contributed by atoms with Gasteiger partial charge in [0.2, 0.25) is 5.91 Å². The lowest BCUT2D eigenvalue weighted by molar-refractivity contribution is -0.116. The van der Waals surface area contributed by atoms with Gasteiger partial charge in [-0.1, -0.05) is 0 Å². The number of carbonyl (C=O) groups excluding carboxylic acids is 2. The van der Waals surface area contributed by atoms with Crippen molar-refractivity contribution < 1.29 is 9.59 Å². The lowest BCUT2D eigenvalue weighted by atomic mass is 10.1. The van der Waals surface area contributed by atoms with Crippen molar-refractivity contribution in [3.63, 3.8) is 0 Å². The van der Waals surface area contributed by atoms with Crippen molar-refractivity contribution >= 4 is 57.1 Å². The topological polar surface area (TPSA) is 49.4 Å². The molecule has 2 amide bonds. The molecule has 2 heterocycles. The molecule has 2 aromatic rings. The van der Waals surface area contributed by atoms with Gasteiger partial charge in [-0.25, -0.2) is 0 Å². The molecule has 0 radical (unpaired) electrons. The Bertz CT molecular complexity index is 726. The van der Waals surface area contributed by atoms with Gasteiger partial charge < -0.3 is 10.2 Å². The summed E-state index contributed by atoms with van der Waals surface area (Å²) in [6, 6.07) is 7.56. The second kappa shape index (κ2) is 5.76. The molecule has 0 spiro atoms. The van der Waals surface area contributed by atoms with E-state index in [1.54, 1.807) is 23.2 Å². The summed E-state index contributed by atoms with van der Waals surface area (Å²) in [5, 5.41) is 4.76. The minimum atomic E-state index is -0.101. The van der Waals surface area contributed by atoms with E-state index in [9.17, 15) is 9.59 Å². The van der Waals surface area contributed by atoms with Gasteiger partial charge in [0, 0.05) is 30.2 Å². The van der Waals surface area contributed by atoms with Crippen LogP contribution in [0.25, 0.3) is 0 Å². The number of amides is 2.